The number of carbonyl (C=O) groups is 3. The van der Waals surface area contributed by atoms with Crippen LogP contribution in [-0.2, 0) is 16.0 Å². The summed E-state index contributed by atoms with van der Waals surface area (Å²) in [5.41, 5.74) is 3.83. The van der Waals surface area contributed by atoms with E-state index in [0.29, 0.717) is 28.9 Å². The minimum Gasteiger partial charge on any atom is -0.362 e. The zero-order valence-corrected chi connectivity index (χ0v) is 20.1. The first-order chi connectivity index (χ1) is 16.2. The topological polar surface area (TPSA) is 97.5 Å². The van der Waals surface area contributed by atoms with E-state index in [9.17, 15) is 18.8 Å². The van der Waals surface area contributed by atoms with Crippen LogP contribution in [0.1, 0.15) is 58.6 Å². The number of halogens is 1. The van der Waals surface area contributed by atoms with Crippen molar-refractivity contribution >= 4 is 23.4 Å². The number of aromatic nitrogens is 1. The Bertz CT molecular complexity index is 1130. The van der Waals surface area contributed by atoms with Gasteiger partial charge in [-0.25, -0.2) is 4.39 Å². The van der Waals surface area contributed by atoms with E-state index < -0.39 is 11.7 Å². The van der Waals surface area contributed by atoms with Gasteiger partial charge in [0.25, 0.3) is 5.91 Å². The molecular formula is C25H32FN5O3. The summed E-state index contributed by atoms with van der Waals surface area (Å²) in [6, 6.07) is 4.26. The molecule has 0 spiro atoms. The van der Waals surface area contributed by atoms with Crippen LogP contribution >= 0.6 is 0 Å². The number of likely N-dealkylation sites (tertiary alicyclic amines) is 1. The Morgan fingerprint density at radius 2 is 2.06 bits per heavy atom. The SMILES string of the molecule is CCN1CCCC1N(C)C(=O)CNC(=O)c1c(C)[nH]c(CC2C(=O)Nc3ccc(F)cc32)c1C. The Morgan fingerprint density at radius 3 is 2.79 bits per heavy atom. The molecule has 0 saturated carbocycles. The molecule has 1 aromatic carbocycles. The number of amides is 3. The highest BCUT2D eigenvalue weighted by atomic mass is 19.1. The number of likely N-dealkylation sites (N-methyl/N-ethyl adjacent to an activating group) is 1. The minimum atomic E-state index is -0.540. The maximum absolute atomic E-state index is 13.8. The van der Waals surface area contributed by atoms with Gasteiger partial charge in [-0.2, -0.15) is 0 Å². The highest BCUT2D eigenvalue weighted by Gasteiger charge is 2.33. The quantitative estimate of drug-likeness (QED) is 0.581. The second kappa shape index (κ2) is 9.58. The third-order valence-corrected chi connectivity index (χ3v) is 7.12. The van der Waals surface area contributed by atoms with Crippen molar-refractivity contribution < 1.29 is 18.8 Å². The van der Waals surface area contributed by atoms with Crippen molar-refractivity contribution in [3.63, 3.8) is 0 Å². The molecule has 3 heterocycles. The monoisotopic (exact) mass is 469 g/mol. The van der Waals surface area contributed by atoms with E-state index in [0.717, 1.165) is 37.2 Å². The van der Waals surface area contributed by atoms with E-state index in [4.69, 9.17) is 0 Å². The number of H-pyrrole nitrogens is 1. The molecule has 2 unspecified atom stereocenters. The van der Waals surface area contributed by atoms with E-state index >= 15 is 0 Å². The molecule has 34 heavy (non-hydrogen) atoms. The van der Waals surface area contributed by atoms with Crippen LogP contribution in [0.2, 0.25) is 0 Å². The average molecular weight is 470 g/mol. The van der Waals surface area contributed by atoms with E-state index in [1.54, 1.807) is 24.9 Å². The average Bonchev–Trinajstić information content (AvgIpc) is 3.48. The molecule has 2 aliphatic heterocycles. The van der Waals surface area contributed by atoms with Crippen molar-refractivity contribution in [1.82, 2.24) is 20.1 Å². The van der Waals surface area contributed by atoms with Crippen molar-refractivity contribution in [3.8, 4) is 0 Å². The number of rotatable bonds is 7. The molecule has 0 bridgehead atoms. The number of anilines is 1. The number of fused-ring (bicyclic) bond motifs is 1. The number of aryl methyl sites for hydroxylation is 1. The maximum Gasteiger partial charge on any atom is 0.253 e. The van der Waals surface area contributed by atoms with Gasteiger partial charge in [0.1, 0.15) is 5.82 Å². The Labute approximate surface area is 198 Å². The lowest BCUT2D eigenvalue weighted by Gasteiger charge is -2.31. The van der Waals surface area contributed by atoms with Crippen LogP contribution in [0.3, 0.4) is 0 Å². The van der Waals surface area contributed by atoms with Crippen LogP contribution in [0, 0.1) is 19.7 Å². The normalized spacial score (nSPS) is 19.7. The van der Waals surface area contributed by atoms with Gasteiger partial charge in [-0.1, -0.05) is 6.92 Å². The number of carbonyl (C=O) groups excluding carboxylic acids is 3. The van der Waals surface area contributed by atoms with E-state index in [2.05, 4.69) is 27.4 Å². The summed E-state index contributed by atoms with van der Waals surface area (Å²) in [7, 11) is 1.78. The van der Waals surface area contributed by atoms with E-state index in [1.807, 2.05) is 6.92 Å². The molecule has 0 radical (unpaired) electrons. The van der Waals surface area contributed by atoms with Crippen molar-refractivity contribution in [3.05, 3.63) is 52.1 Å². The summed E-state index contributed by atoms with van der Waals surface area (Å²) in [6.45, 7) is 7.47. The number of nitrogens with one attached hydrogen (secondary N) is 3. The first-order valence-corrected chi connectivity index (χ1v) is 11.8. The first kappa shape index (κ1) is 23.9. The Morgan fingerprint density at radius 1 is 1.29 bits per heavy atom. The van der Waals surface area contributed by atoms with Crippen LogP contribution in [0.25, 0.3) is 0 Å². The van der Waals surface area contributed by atoms with Gasteiger partial charge in [-0.15, -0.1) is 0 Å². The molecule has 3 amide bonds. The second-order valence-electron chi connectivity index (χ2n) is 9.14. The summed E-state index contributed by atoms with van der Waals surface area (Å²) in [6.07, 6.45) is 2.38. The molecule has 1 fully saturated rings. The highest BCUT2D eigenvalue weighted by molar-refractivity contribution is 6.03. The van der Waals surface area contributed by atoms with Crippen LogP contribution in [0.4, 0.5) is 10.1 Å². The van der Waals surface area contributed by atoms with Crippen molar-refractivity contribution in [1.29, 1.82) is 0 Å². The first-order valence-electron chi connectivity index (χ1n) is 11.8. The third-order valence-electron chi connectivity index (χ3n) is 7.12. The smallest absolute Gasteiger partial charge is 0.253 e. The molecule has 4 rings (SSSR count). The van der Waals surface area contributed by atoms with E-state index in [1.165, 1.54) is 12.1 Å². The van der Waals surface area contributed by atoms with Gasteiger partial charge in [0.05, 0.1) is 24.2 Å². The predicted octanol–water partition coefficient (Wildman–Crippen LogP) is 2.68. The maximum atomic E-state index is 13.8. The standard InChI is InChI=1S/C25H32FN5O3/c1-5-31-10-6-7-21(31)30(4)22(32)13-27-25(34)23-14(2)20(28-15(23)3)12-18-17-11-16(26)8-9-19(17)29-24(18)33/h8-9,11,18,21,28H,5-7,10,12-13H2,1-4H3,(H,27,34)(H,29,33). The molecule has 9 heteroatoms. The van der Waals surface area contributed by atoms with Gasteiger partial charge in [-0.3, -0.25) is 19.3 Å². The lowest BCUT2D eigenvalue weighted by molar-refractivity contribution is -0.133. The Kier molecular flexibility index (Phi) is 6.74. The minimum absolute atomic E-state index is 0.0713. The van der Waals surface area contributed by atoms with Crippen molar-refractivity contribution in [2.45, 2.75) is 52.1 Å². The van der Waals surface area contributed by atoms with Crippen LogP contribution in [0.15, 0.2) is 18.2 Å². The van der Waals surface area contributed by atoms with Gasteiger partial charge in [0, 0.05) is 37.1 Å². The molecule has 2 aromatic rings. The summed E-state index contributed by atoms with van der Waals surface area (Å²) in [4.78, 5) is 45.4. The summed E-state index contributed by atoms with van der Waals surface area (Å²) < 4.78 is 13.8. The van der Waals surface area contributed by atoms with Crippen LogP contribution in [-0.4, -0.2) is 65.4 Å². The summed E-state index contributed by atoms with van der Waals surface area (Å²) >= 11 is 0. The van der Waals surface area contributed by atoms with E-state index in [-0.39, 0.29) is 30.4 Å². The summed E-state index contributed by atoms with van der Waals surface area (Å²) in [5, 5.41) is 5.55. The Hall–Kier alpha value is -3.20. The lowest BCUT2D eigenvalue weighted by Crippen LogP contribution is -2.48. The predicted molar refractivity (Wildman–Crippen MR) is 127 cm³/mol. The molecule has 1 aromatic heterocycles. The molecular weight excluding hydrogens is 437 g/mol. The number of benzene rings is 1. The largest absolute Gasteiger partial charge is 0.362 e. The van der Waals surface area contributed by atoms with Gasteiger partial charge < -0.3 is 20.5 Å². The molecule has 2 aliphatic rings. The molecule has 182 valence electrons. The second-order valence-corrected chi connectivity index (χ2v) is 9.14. The zero-order valence-electron chi connectivity index (χ0n) is 20.1. The zero-order chi connectivity index (χ0) is 24.6. The molecule has 1 saturated heterocycles. The van der Waals surface area contributed by atoms with Gasteiger partial charge in [-0.05, 0) is 62.6 Å². The van der Waals surface area contributed by atoms with Crippen molar-refractivity contribution in [2.75, 3.05) is 32.0 Å². The molecule has 2 atom stereocenters. The fourth-order valence-corrected chi connectivity index (χ4v) is 5.21. The van der Waals surface area contributed by atoms with Gasteiger partial charge >= 0.3 is 0 Å². The third kappa shape index (κ3) is 4.44. The van der Waals surface area contributed by atoms with Gasteiger partial charge in [0.2, 0.25) is 11.8 Å². The van der Waals surface area contributed by atoms with Crippen LogP contribution < -0.4 is 10.6 Å². The summed E-state index contributed by atoms with van der Waals surface area (Å²) in [5.74, 6) is -1.60. The number of hydrogen-bond acceptors (Lipinski definition) is 4. The number of aromatic amines is 1. The fourth-order valence-electron chi connectivity index (χ4n) is 5.21. The fraction of sp³-hybridized carbons (Fsp3) is 0.480. The molecule has 8 nitrogen and oxygen atoms in total. The number of hydrogen-bond donors (Lipinski definition) is 3. The lowest BCUT2D eigenvalue weighted by atomic mass is 9.94. The van der Waals surface area contributed by atoms with Crippen LogP contribution in [0.5, 0.6) is 0 Å². The number of nitrogens with zero attached hydrogens (tertiary/aromatic N) is 2. The highest BCUT2D eigenvalue weighted by Crippen LogP contribution is 2.36. The Balaban J connectivity index is 1.43. The van der Waals surface area contributed by atoms with Crippen molar-refractivity contribution in [2.24, 2.45) is 0 Å². The molecule has 0 aliphatic carbocycles. The van der Waals surface area contributed by atoms with Gasteiger partial charge in [0.15, 0.2) is 0 Å². The molecule has 3 N–H and O–H groups in total.